The summed E-state index contributed by atoms with van der Waals surface area (Å²) in [7, 11) is 0. The van der Waals surface area contributed by atoms with Crippen LogP contribution in [0.5, 0.6) is 0 Å². The Hall–Kier alpha value is -0.610. The van der Waals surface area contributed by atoms with Gasteiger partial charge in [0, 0.05) is 19.1 Å². The van der Waals surface area contributed by atoms with Crippen LogP contribution in [0.3, 0.4) is 0 Å². The summed E-state index contributed by atoms with van der Waals surface area (Å²) in [5.74, 6) is 0.567. The number of hydrogen-bond donors (Lipinski definition) is 1. The Balaban J connectivity index is 1.68. The molecule has 0 amide bonds. The first-order chi connectivity index (χ1) is 7.75. The summed E-state index contributed by atoms with van der Waals surface area (Å²) in [6.07, 6.45) is 3.14. The summed E-state index contributed by atoms with van der Waals surface area (Å²) in [5, 5.41) is 9.21. The lowest BCUT2D eigenvalue weighted by Gasteiger charge is -2.53. The van der Waals surface area contributed by atoms with Crippen molar-refractivity contribution in [1.29, 1.82) is 0 Å². The number of fused-ring (bicyclic) bond motifs is 2. The number of aliphatic carboxylic acids is 1. The van der Waals surface area contributed by atoms with E-state index in [-0.39, 0.29) is 5.92 Å². The van der Waals surface area contributed by atoms with Crippen LogP contribution in [0.15, 0.2) is 0 Å². The van der Waals surface area contributed by atoms with Crippen molar-refractivity contribution < 1.29 is 14.6 Å². The quantitative estimate of drug-likeness (QED) is 0.756. The first-order valence-electron chi connectivity index (χ1n) is 6.30. The molecule has 90 valence electrons. The second kappa shape index (κ2) is 4.00. The van der Waals surface area contributed by atoms with Gasteiger partial charge in [0.15, 0.2) is 0 Å². The van der Waals surface area contributed by atoms with Crippen LogP contribution in [-0.2, 0) is 9.53 Å². The fourth-order valence-electron chi connectivity index (χ4n) is 3.66. The molecule has 0 spiro atoms. The molecule has 2 atom stereocenters. The van der Waals surface area contributed by atoms with Crippen LogP contribution < -0.4 is 0 Å². The van der Waals surface area contributed by atoms with Gasteiger partial charge in [-0.25, -0.2) is 0 Å². The molecule has 3 aliphatic carbocycles. The molecule has 3 saturated carbocycles. The third-order valence-electron chi connectivity index (χ3n) is 4.65. The van der Waals surface area contributed by atoms with Gasteiger partial charge in [0.25, 0.3) is 0 Å². The molecule has 2 unspecified atom stereocenters. The first kappa shape index (κ1) is 10.5. The number of rotatable bonds is 2. The van der Waals surface area contributed by atoms with Crippen molar-refractivity contribution in [3.8, 4) is 0 Å². The van der Waals surface area contributed by atoms with Crippen LogP contribution in [-0.4, -0.2) is 48.3 Å². The lowest BCUT2D eigenvalue weighted by Crippen LogP contribution is -2.57. The maximum Gasteiger partial charge on any atom is 0.306 e. The summed E-state index contributed by atoms with van der Waals surface area (Å²) in [4.78, 5) is 13.6. The summed E-state index contributed by atoms with van der Waals surface area (Å²) < 4.78 is 5.35. The van der Waals surface area contributed by atoms with Gasteiger partial charge in [0.05, 0.1) is 19.1 Å². The first-order valence-corrected chi connectivity index (χ1v) is 6.30. The average Bonchev–Trinajstić information content (AvgIpc) is 2.28. The fraction of sp³-hybridized carbons (Fsp3) is 0.917. The van der Waals surface area contributed by atoms with Gasteiger partial charge in [0.1, 0.15) is 0 Å². The fourth-order valence-corrected chi connectivity index (χ4v) is 3.66. The highest BCUT2D eigenvalue weighted by Gasteiger charge is 2.50. The van der Waals surface area contributed by atoms with Gasteiger partial charge in [-0.3, -0.25) is 9.69 Å². The van der Waals surface area contributed by atoms with Gasteiger partial charge in [-0.05, 0) is 31.1 Å². The van der Waals surface area contributed by atoms with E-state index in [0.717, 1.165) is 51.5 Å². The monoisotopic (exact) mass is 225 g/mol. The van der Waals surface area contributed by atoms with Gasteiger partial charge < -0.3 is 9.84 Å². The van der Waals surface area contributed by atoms with Gasteiger partial charge >= 0.3 is 5.97 Å². The van der Waals surface area contributed by atoms with E-state index in [0.29, 0.717) is 12.0 Å². The van der Waals surface area contributed by atoms with Gasteiger partial charge in [-0.15, -0.1) is 0 Å². The smallest absolute Gasteiger partial charge is 0.306 e. The minimum atomic E-state index is -0.582. The average molecular weight is 225 g/mol. The molecule has 4 heteroatoms. The van der Waals surface area contributed by atoms with Crippen LogP contribution in [0.2, 0.25) is 0 Å². The predicted molar refractivity (Wildman–Crippen MR) is 58.1 cm³/mol. The highest BCUT2D eigenvalue weighted by Crippen LogP contribution is 2.50. The zero-order valence-corrected chi connectivity index (χ0v) is 9.47. The number of carbonyl (C=O) groups is 1. The molecule has 0 radical (unpaired) electrons. The van der Waals surface area contributed by atoms with Crippen molar-refractivity contribution in [2.24, 2.45) is 17.8 Å². The Morgan fingerprint density at radius 2 is 1.81 bits per heavy atom. The normalized spacial score (nSPS) is 43.8. The lowest BCUT2D eigenvalue weighted by atomic mass is 9.57. The minimum Gasteiger partial charge on any atom is -0.481 e. The Morgan fingerprint density at radius 1 is 1.12 bits per heavy atom. The van der Waals surface area contributed by atoms with E-state index in [1.807, 2.05) is 0 Å². The number of hydrogen-bond acceptors (Lipinski definition) is 3. The third kappa shape index (κ3) is 1.64. The summed E-state index contributed by atoms with van der Waals surface area (Å²) >= 11 is 0. The molecule has 1 heterocycles. The molecular formula is C12H19NO3. The van der Waals surface area contributed by atoms with Crippen molar-refractivity contribution in [3.63, 3.8) is 0 Å². The van der Waals surface area contributed by atoms with E-state index in [1.54, 1.807) is 0 Å². The zero-order valence-electron chi connectivity index (χ0n) is 9.47. The van der Waals surface area contributed by atoms with E-state index >= 15 is 0 Å². The molecule has 1 aliphatic heterocycles. The van der Waals surface area contributed by atoms with E-state index < -0.39 is 5.97 Å². The lowest BCUT2D eigenvalue weighted by molar-refractivity contribution is -0.154. The molecular weight excluding hydrogens is 206 g/mol. The molecule has 16 heavy (non-hydrogen) atoms. The molecule has 0 aromatic carbocycles. The highest BCUT2D eigenvalue weighted by molar-refractivity contribution is 5.71. The Kier molecular flexibility index (Phi) is 2.64. The molecule has 0 aromatic heterocycles. The van der Waals surface area contributed by atoms with Crippen molar-refractivity contribution in [3.05, 3.63) is 0 Å². The number of ether oxygens (including phenoxy) is 1. The maximum atomic E-state index is 11.2. The van der Waals surface area contributed by atoms with Crippen molar-refractivity contribution in [1.82, 2.24) is 4.90 Å². The molecule has 4 aliphatic rings. The number of carboxylic acid groups (broad SMARTS) is 1. The maximum absolute atomic E-state index is 11.2. The van der Waals surface area contributed by atoms with Crippen molar-refractivity contribution in [2.45, 2.75) is 25.3 Å². The summed E-state index contributed by atoms with van der Waals surface area (Å²) in [6.45, 7) is 3.59. The van der Waals surface area contributed by atoms with Crippen molar-refractivity contribution in [2.75, 3.05) is 26.3 Å². The van der Waals surface area contributed by atoms with Gasteiger partial charge in [-0.2, -0.15) is 0 Å². The molecule has 2 bridgehead atoms. The molecule has 1 N–H and O–H groups in total. The summed E-state index contributed by atoms with van der Waals surface area (Å²) in [5.41, 5.74) is 0. The third-order valence-corrected chi connectivity index (χ3v) is 4.65. The minimum absolute atomic E-state index is 0.0853. The van der Waals surface area contributed by atoms with Crippen LogP contribution in [0.4, 0.5) is 0 Å². The van der Waals surface area contributed by atoms with Crippen molar-refractivity contribution >= 4 is 5.97 Å². The molecule has 4 rings (SSSR count). The molecule has 4 nitrogen and oxygen atoms in total. The standard InChI is InChI=1S/C12H19NO3/c14-12(15)10-7-11(9-5-8(10)6-9)13-1-3-16-4-2-13/h8-11H,1-7H2,(H,14,15). The van der Waals surface area contributed by atoms with E-state index in [1.165, 1.54) is 0 Å². The largest absolute Gasteiger partial charge is 0.481 e. The second-order valence-corrected chi connectivity index (χ2v) is 5.39. The molecule has 1 saturated heterocycles. The SMILES string of the molecule is O=C(O)C1CC(N2CCOCC2)C2CC1C2. The summed E-state index contributed by atoms with van der Waals surface area (Å²) in [6, 6.07) is 0.509. The van der Waals surface area contributed by atoms with Gasteiger partial charge in [-0.1, -0.05) is 0 Å². The number of carboxylic acids is 1. The molecule has 4 fully saturated rings. The van der Waals surface area contributed by atoms with Crippen LogP contribution in [0.25, 0.3) is 0 Å². The number of morpholine rings is 1. The highest BCUT2D eigenvalue weighted by atomic mass is 16.5. The number of nitrogens with zero attached hydrogens (tertiary/aromatic N) is 1. The van der Waals surface area contributed by atoms with Crippen LogP contribution >= 0.6 is 0 Å². The predicted octanol–water partition coefficient (Wildman–Crippen LogP) is 0.818. The van der Waals surface area contributed by atoms with E-state index in [2.05, 4.69) is 4.90 Å². The van der Waals surface area contributed by atoms with E-state index in [4.69, 9.17) is 4.74 Å². The molecule has 0 aromatic rings. The van der Waals surface area contributed by atoms with Crippen LogP contribution in [0, 0.1) is 17.8 Å². The van der Waals surface area contributed by atoms with Crippen LogP contribution in [0.1, 0.15) is 19.3 Å². The van der Waals surface area contributed by atoms with E-state index in [9.17, 15) is 9.90 Å². The Bertz CT molecular complexity index is 282. The Morgan fingerprint density at radius 3 is 2.44 bits per heavy atom. The zero-order chi connectivity index (χ0) is 11.1. The Labute approximate surface area is 95.6 Å². The topological polar surface area (TPSA) is 49.8 Å². The second-order valence-electron chi connectivity index (χ2n) is 5.39. The van der Waals surface area contributed by atoms with Gasteiger partial charge in [0.2, 0.25) is 0 Å².